The Morgan fingerprint density at radius 2 is 2.18 bits per heavy atom. The Hall–Kier alpha value is -1.52. The maximum atomic E-state index is 12.3. The molecule has 0 saturated heterocycles. The standard InChI is InChI=1S/C13H10O3S/c1-15-11-7-6-10-13(17-11)12(14)8-4-2-3-5-9(8)16-10/h2-7,11H,1H3. The summed E-state index contributed by atoms with van der Waals surface area (Å²) in [5.74, 6) is 0.618. The zero-order valence-electron chi connectivity index (χ0n) is 9.17. The predicted octanol–water partition coefficient (Wildman–Crippen LogP) is 2.88. The van der Waals surface area contributed by atoms with Gasteiger partial charge in [-0.3, -0.25) is 4.79 Å². The van der Waals surface area contributed by atoms with Crippen LogP contribution in [-0.4, -0.2) is 12.5 Å². The summed E-state index contributed by atoms with van der Waals surface area (Å²) in [5, 5.41) is 0.615. The molecule has 3 nitrogen and oxygen atoms in total. The first kappa shape index (κ1) is 10.6. The Morgan fingerprint density at radius 1 is 1.35 bits per heavy atom. The topological polar surface area (TPSA) is 39.4 Å². The van der Waals surface area contributed by atoms with E-state index in [2.05, 4.69) is 0 Å². The van der Waals surface area contributed by atoms with Gasteiger partial charge in [0, 0.05) is 7.11 Å². The van der Waals surface area contributed by atoms with Crippen LogP contribution in [-0.2, 0) is 4.74 Å². The lowest BCUT2D eigenvalue weighted by atomic mass is 10.2. The third-order valence-corrected chi connectivity index (χ3v) is 3.86. The Kier molecular flexibility index (Phi) is 2.53. The number of fused-ring (bicyclic) bond motifs is 2. The second kappa shape index (κ2) is 4.05. The molecule has 0 aliphatic carbocycles. The van der Waals surface area contributed by atoms with Crippen molar-refractivity contribution in [1.82, 2.24) is 0 Å². The molecule has 3 rings (SSSR count). The van der Waals surface area contributed by atoms with Crippen LogP contribution in [0.2, 0.25) is 0 Å². The van der Waals surface area contributed by atoms with Crippen molar-refractivity contribution in [1.29, 1.82) is 0 Å². The summed E-state index contributed by atoms with van der Waals surface area (Å²) in [6.45, 7) is 0. The number of hydrogen-bond acceptors (Lipinski definition) is 4. The van der Waals surface area contributed by atoms with E-state index in [0.29, 0.717) is 21.6 Å². The average Bonchev–Trinajstić information content (AvgIpc) is 2.39. The molecule has 0 spiro atoms. The van der Waals surface area contributed by atoms with Crippen LogP contribution < -0.4 is 5.43 Å². The maximum Gasteiger partial charge on any atom is 0.206 e. The summed E-state index contributed by atoms with van der Waals surface area (Å²) in [7, 11) is 1.62. The normalized spacial score (nSPS) is 18.3. The first-order valence-electron chi connectivity index (χ1n) is 5.23. The van der Waals surface area contributed by atoms with Crippen molar-refractivity contribution in [3.63, 3.8) is 0 Å². The summed E-state index contributed by atoms with van der Waals surface area (Å²) < 4.78 is 10.9. The molecule has 1 aliphatic heterocycles. The van der Waals surface area contributed by atoms with E-state index in [1.54, 1.807) is 25.3 Å². The van der Waals surface area contributed by atoms with Crippen LogP contribution in [0.5, 0.6) is 0 Å². The molecule has 0 N–H and O–H groups in total. The molecule has 0 amide bonds. The van der Waals surface area contributed by atoms with Crippen LogP contribution in [0.15, 0.2) is 44.4 Å². The Bertz CT molecular complexity index is 657. The van der Waals surface area contributed by atoms with Gasteiger partial charge in [-0.05, 0) is 24.3 Å². The van der Waals surface area contributed by atoms with E-state index in [4.69, 9.17) is 9.15 Å². The molecule has 86 valence electrons. The van der Waals surface area contributed by atoms with Gasteiger partial charge >= 0.3 is 0 Å². The first-order chi connectivity index (χ1) is 8.29. The van der Waals surface area contributed by atoms with Crippen LogP contribution in [0.3, 0.4) is 0 Å². The molecule has 1 aliphatic rings. The second-order valence-electron chi connectivity index (χ2n) is 3.70. The van der Waals surface area contributed by atoms with Gasteiger partial charge in [-0.2, -0.15) is 0 Å². The van der Waals surface area contributed by atoms with E-state index < -0.39 is 0 Å². The molecular weight excluding hydrogens is 236 g/mol. The number of thioether (sulfide) groups is 1. The Labute approximate surface area is 102 Å². The molecule has 1 aromatic carbocycles. The lowest BCUT2D eigenvalue weighted by Gasteiger charge is -2.16. The van der Waals surface area contributed by atoms with Crippen molar-refractivity contribution in [2.45, 2.75) is 10.3 Å². The number of methoxy groups -OCH3 is 1. The minimum absolute atomic E-state index is 0.0123. The van der Waals surface area contributed by atoms with E-state index >= 15 is 0 Å². The first-order valence-corrected chi connectivity index (χ1v) is 6.11. The SMILES string of the molecule is COC1C=Cc2oc3ccccc3c(=O)c2S1. The van der Waals surface area contributed by atoms with Gasteiger partial charge in [0.2, 0.25) is 5.43 Å². The molecule has 17 heavy (non-hydrogen) atoms. The van der Waals surface area contributed by atoms with Gasteiger partial charge in [0.1, 0.15) is 21.7 Å². The van der Waals surface area contributed by atoms with Crippen molar-refractivity contribution < 1.29 is 9.15 Å². The average molecular weight is 246 g/mol. The van der Waals surface area contributed by atoms with Gasteiger partial charge in [0.15, 0.2) is 0 Å². The van der Waals surface area contributed by atoms with Crippen molar-refractivity contribution in [2.75, 3.05) is 7.11 Å². The monoisotopic (exact) mass is 246 g/mol. The van der Waals surface area contributed by atoms with E-state index in [9.17, 15) is 4.79 Å². The number of benzene rings is 1. The fourth-order valence-electron chi connectivity index (χ4n) is 1.81. The van der Waals surface area contributed by atoms with Crippen molar-refractivity contribution >= 4 is 28.8 Å². The van der Waals surface area contributed by atoms with Crippen LogP contribution in [0.25, 0.3) is 17.0 Å². The highest BCUT2D eigenvalue weighted by Crippen LogP contribution is 2.32. The summed E-state index contributed by atoms with van der Waals surface area (Å²) in [6, 6.07) is 7.28. The largest absolute Gasteiger partial charge is 0.455 e. The number of para-hydroxylation sites is 1. The predicted molar refractivity (Wildman–Crippen MR) is 68.2 cm³/mol. The number of ether oxygens (including phenoxy) is 1. The smallest absolute Gasteiger partial charge is 0.206 e. The molecule has 2 aromatic rings. The highest BCUT2D eigenvalue weighted by atomic mass is 32.2. The molecule has 4 heteroatoms. The molecule has 2 heterocycles. The lowest BCUT2D eigenvalue weighted by molar-refractivity contribution is 0.207. The van der Waals surface area contributed by atoms with E-state index in [1.165, 1.54) is 11.8 Å². The minimum Gasteiger partial charge on any atom is -0.455 e. The summed E-state index contributed by atoms with van der Waals surface area (Å²) in [4.78, 5) is 12.9. The molecule has 0 fully saturated rings. The molecule has 0 bridgehead atoms. The zero-order valence-corrected chi connectivity index (χ0v) is 9.99. The van der Waals surface area contributed by atoms with Crippen LogP contribution >= 0.6 is 11.8 Å². The number of hydrogen-bond donors (Lipinski definition) is 0. The van der Waals surface area contributed by atoms with E-state index in [1.807, 2.05) is 18.2 Å². The zero-order chi connectivity index (χ0) is 11.8. The van der Waals surface area contributed by atoms with Crippen molar-refractivity contribution in [3.05, 3.63) is 46.3 Å². The molecule has 0 radical (unpaired) electrons. The van der Waals surface area contributed by atoms with Gasteiger partial charge in [0.25, 0.3) is 0 Å². The van der Waals surface area contributed by atoms with E-state index in [0.717, 1.165) is 0 Å². The Balaban J connectivity index is 2.29. The summed E-state index contributed by atoms with van der Waals surface area (Å²) >= 11 is 1.38. The molecule has 0 saturated carbocycles. The Morgan fingerprint density at radius 3 is 3.00 bits per heavy atom. The van der Waals surface area contributed by atoms with Crippen LogP contribution in [0.4, 0.5) is 0 Å². The van der Waals surface area contributed by atoms with Gasteiger partial charge in [0.05, 0.1) is 5.39 Å². The minimum atomic E-state index is -0.119. The van der Waals surface area contributed by atoms with Gasteiger partial charge in [-0.15, -0.1) is 0 Å². The van der Waals surface area contributed by atoms with Gasteiger partial charge < -0.3 is 9.15 Å². The molecule has 1 aromatic heterocycles. The molecular formula is C13H10O3S. The highest BCUT2D eigenvalue weighted by molar-refractivity contribution is 8.00. The third kappa shape index (κ3) is 1.69. The number of rotatable bonds is 1. The summed E-state index contributed by atoms with van der Waals surface area (Å²) in [6.07, 6.45) is 3.68. The third-order valence-electron chi connectivity index (χ3n) is 2.65. The van der Waals surface area contributed by atoms with Gasteiger partial charge in [-0.25, -0.2) is 0 Å². The molecule has 1 atom stereocenters. The van der Waals surface area contributed by atoms with Crippen molar-refractivity contribution in [3.8, 4) is 0 Å². The van der Waals surface area contributed by atoms with Crippen LogP contribution in [0, 0.1) is 0 Å². The summed E-state index contributed by atoms with van der Waals surface area (Å²) in [5.41, 5.74) is 0.516. The lowest BCUT2D eigenvalue weighted by Crippen LogP contribution is -2.13. The van der Waals surface area contributed by atoms with Crippen LogP contribution in [0.1, 0.15) is 5.76 Å². The quantitative estimate of drug-likeness (QED) is 0.775. The maximum absolute atomic E-state index is 12.3. The van der Waals surface area contributed by atoms with Crippen molar-refractivity contribution in [2.24, 2.45) is 0 Å². The fraction of sp³-hybridized carbons (Fsp3) is 0.154. The fourth-order valence-corrected chi connectivity index (χ4v) is 2.74. The van der Waals surface area contributed by atoms with Gasteiger partial charge in [-0.1, -0.05) is 23.9 Å². The second-order valence-corrected chi connectivity index (χ2v) is 4.81. The van der Waals surface area contributed by atoms with E-state index in [-0.39, 0.29) is 10.9 Å². The molecule has 1 unspecified atom stereocenters. The highest BCUT2D eigenvalue weighted by Gasteiger charge is 2.20.